The van der Waals surface area contributed by atoms with Crippen LogP contribution in [-0.4, -0.2) is 61.7 Å². The van der Waals surface area contributed by atoms with Gasteiger partial charge in [-0.3, -0.25) is 9.59 Å². The van der Waals surface area contributed by atoms with E-state index in [2.05, 4.69) is 5.32 Å². The summed E-state index contributed by atoms with van der Waals surface area (Å²) in [5, 5.41) is 2.58. The van der Waals surface area contributed by atoms with Gasteiger partial charge in [0.05, 0.1) is 10.7 Å². The summed E-state index contributed by atoms with van der Waals surface area (Å²) in [5.41, 5.74) is 0.644. The highest BCUT2D eigenvalue weighted by molar-refractivity contribution is 7.89. The molecule has 0 radical (unpaired) electrons. The van der Waals surface area contributed by atoms with Crippen LogP contribution in [0.15, 0.2) is 41.3 Å². The molecule has 2 amide bonds. The highest BCUT2D eigenvalue weighted by Crippen LogP contribution is 2.38. The van der Waals surface area contributed by atoms with Crippen LogP contribution >= 0.6 is 11.6 Å². The van der Waals surface area contributed by atoms with Crippen LogP contribution < -0.4 is 10.1 Å². The molecule has 1 saturated heterocycles. The molecule has 2 heterocycles. The maximum absolute atomic E-state index is 13.2. The molecule has 1 fully saturated rings. The first kappa shape index (κ1) is 21.5. The first-order chi connectivity index (χ1) is 14.7. The lowest BCUT2D eigenvalue weighted by Gasteiger charge is -2.34. The summed E-state index contributed by atoms with van der Waals surface area (Å²) < 4.78 is 46.2. The third-order valence-electron chi connectivity index (χ3n) is 5.20. The van der Waals surface area contributed by atoms with Crippen molar-refractivity contribution in [1.29, 1.82) is 0 Å². The molecule has 11 heteroatoms. The van der Waals surface area contributed by atoms with E-state index >= 15 is 0 Å². The zero-order valence-corrected chi connectivity index (χ0v) is 18.0. The molecular weight excluding hydrogens is 449 g/mol. The number of carbonyl (C=O) groups excluding carboxylic acids is 2. The normalized spacial score (nSPS) is 19.4. The number of nitrogens with one attached hydrogen (secondary N) is 1. The highest BCUT2D eigenvalue weighted by Gasteiger charge is 2.34. The molecule has 8 nitrogen and oxygen atoms in total. The number of anilines is 1. The van der Waals surface area contributed by atoms with Gasteiger partial charge in [0.2, 0.25) is 10.0 Å². The number of nitrogens with zero attached hydrogens (tertiary/aromatic N) is 2. The van der Waals surface area contributed by atoms with Crippen LogP contribution in [0, 0.1) is 5.82 Å². The predicted octanol–water partition coefficient (Wildman–Crippen LogP) is 2.35. The molecule has 1 N–H and O–H groups in total. The van der Waals surface area contributed by atoms with Gasteiger partial charge in [-0.2, -0.15) is 4.31 Å². The number of rotatable bonds is 3. The summed E-state index contributed by atoms with van der Waals surface area (Å²) >= 11 is 6.21. The second-order valence-corrected chi connectivity index (χ2v) is 9.54. The average Bonchev–Trinajstić information content (AvgIpc) is 2.74. The quantitative estimate of drug-likeness (QED) is 0.747. The minimum absolute atomic E-state index is 0.0398. The molecule has 0 saturated carbocycles. The minimum Gasteiger partial charge on any atom is -0.479 e. The predicted molar refractivity (Wildman–Crippen MR) is 111 cm³/mol. The fourth-order valence-electron chi connectivity index (χ4n) is 3.45. The van der Waals surface area contributed by atoms with Crippen LogP contribution in [0.3, 0.4) is 0 Å². The van der Waals surface area contributed by atoms with Crippen molar-refractivity contribution < 1.29 is 27.1 Å². The van der Waals surface area contributed by atoms with Crippen LogP contribution in [0.1, 0.15) is 17.3 Å². The number of hydrogen-bond acceptors (Lipinski definition) is 5. The lowest BCUT2D eigenvalue weighted by Crippen LogP contribution is -2.50. The number of benzene rings is 2. The van der Waals surface area contributed by atoms with Gasteiger partial charge in [-0.1, -0.05) is 11.6 Å². The number of carbonyl (C=O) groups is 2. The van der Waals surface area contributed by atoms with Gasteiger partial charge in [0.1, 0.15) is 16.5 Å². The van der Waals surface area contributed by atoms with E-state index in [-0.39, 0.29) is 53.7 Å². The molecule has 2 aliphatic rings. The van der Waals surface area contributed by atoms with E-state index in [1.165, 1.54) is 45.6 Å². The molecule has 4 rings (SSSR count). The van der Waals surface area contributed by atoms with Crippen molar-refractivity contribution in [2.75, 3.05) is 31.5 Å². The van der Waals surface area contributed by atoms with E-state index in [0.29, 0.717) is 11.3 Å². The van der Waals surface area contributed by atoms with Crippen molar-refractivity contribution in [3.8, 4) is 5.75 Å². The third kappa shape index (κ3) is 4.10. The van der Waals surface area contributed by atoms with Gasteiger partial charge in [0.15, 0.2) is 6.10 Å². The molecule has 31 heavy (non-hydrogen) atoms. The number of sulfonamides is 1. The van der Waals surface area contributed by atoms with Crippen molar-refractivity contribution in [1.82, 2.24) is 9.21 Å². The molecular formula is C20H19ClFN3O5S. The maximum atomic E-state index is 13.2. The monoisotopic (exact) mass is 467 g/mol. The fraction of sp³-hybridized carbons (Fsp3) is 0.300. The zero-order chi connectivity index (χ0) is 22.3. The highest BCUT2D eigenvalue weighted by atomic mass is 35.5. The smallest absolute Gasteiger partial charge is 0.265 e. The third-order valence-corrected chi connectivity index (χ3v) is 7.56. The molecule has 2 aliphatic heterocycles. The Labute approximate surface area is 183 Å². The van der Waals surface area contributed by atoms with Gasteiger partial charge in [-0.25, -0.2) is 12.8 Å². The van der Waals surface area contributed by atoms with Crippen LogP contribution in [-0.2, 0) is 14.8 Å². The number of piperazine rings is 1. The van der Waals surface area contributed by atoms with Crippen LogP contribution in [0.2, 0.25) is 5.02 Å². The van der Waals surface area contributed by atoms with E-state index in [1.807, 2.05) is 0 Å². The topological polar surface area (TPSA) is 96.0 Å². The van der Waals surface area contributed by atoms with Crippen molar-refractivity contribution in [2.24, 2.45) is 0 Å². The summed E-state index contributed by atoms with van der Waals surface area (Å²) in [6.45, 7) is 2.08. The van der Waals surface area contributed by atoms with Gasteiger partial charge < -0.3 is 15.0 Å². The van der Waals surface area contributed by atoms with Gasteiger partial charge in [0, 0.05) is 37.8 Å². The summed E-state index contributed by atoms with van der Waals surface area (Å²) in [6.07, 6.45) is -0.759. The van der Waals surface area contributed by atoms with Crippen LogP contribution in [0.5, 0.6) is 5.75 Å². The van der Waals surface area contributed by atoms with Gasteiger partial charge in [0.25, 0.3) is 11.8 Å². The second-order valence-electron chi connectivity index (χ2n) is 7.23. The van der Waals surface area contributed by atoms with Crippen LogP contribution in [0.25, 0.3) is 0 Å². The second kappa shape index (κ2) is 8.10. The van der Waals surface area contributed by atoms with Crippen molar-refractivity contribution in [3.05, 3.63) is 52.8 Å². The van der Waals surface area contributed by atoms with Gasteiger partial charge >= 0.3 is 0 Å². The fourth-order valence-corrected chi connectivity index (χ4v) is 5.39. The average molecular weight is 468 g/mol. The number of ether oxygens (including phenoxy) is 1. The number of amides is 2. The zero-order valence-electron chi connectivity index (χ0n) is 16.5. The van der Waals surface area contributed by atoms with E-state index in [1.54, 1.807) is 6.92 Å². The van der Waals surface area contributed by atoms with Crippen molar-refractivity contribution in [3.63, 3.8) is 0 Å². The standard InChI is InChI=1S/C20H19ClFN3O5S/c1-12-19(26)23-16-10-15(21)18(11-17(16)30-12)31(28,29)25-8-6-24(7-9-25)20(27)13-2-4-14(22)5-3-13/h2-5,10-12H,6-9H2,1H3,(H,23,26)/t12-/m0/s1. The summed E-state index contributed by atoms with van der Waals surface area (Å²) in [4.78, 5) is 25.7. The molecule has 0 unspecified atom stereocenters. The number of hydrogen-bond donors (Lipinski definition) is 1. The minimum atomic E-state index is -3.96. The van der Waals surface area contributed by atoms with Gasteiger partial charge in [-0.15, -0.1) is 0 Å². The number of halogens is 2. The summed E-state index contributed by atoms with van der Waals surface area (Å²) in [5.74, 6) is -0.851. The Morgan fingerprint density at radius 3 is 2.45 bits per heavy atom. The SMILES string of the molecule is C[C@@H]1Oc2cc(S(=O)(=O)N3CCN(C(=O)c4ccc(F)cc4)CC3)c(Cl)cc2NC1=O. The summed E-state index contributed by atoms with van der Waals surface area (Å²) in [7, 11) is -3.96. The van der Waals surface area contributed by atoms with Crippen molar-refractivity contribution >= 4 is 39.1 Å². The summed E-state index contributed by atoms with van der Waals surface area (Å²) in [6, 6.07) is 7.86. The molecule has 0 aliphatic carbocycles. The molecule has 2 aromatic carbocycles. The number of fused-ring (bicyclic) bond motifs is 1. The molecule has 164 valence electrons. The molecule has 1 atom stereocenters. The van der Waals surface area contributed by atoms with E-state index < -0.39 is 21.9 Å². The Balaban J connectivity index is 1.51. The van der Waals surface area contributed by atoms with Crippen LogP contribution in [0.4, 0.5) is 10.1 Å². The largest absolute Gasteiger partial charge is 0.479 e. The Bertz CT molecular complexity index is 1150. The molecule has 0 aromatic heterocycles. The Hall–Kier alpha value is -2.69. The van der Waals surface area contributed by atoms with Crippen molar-refractivity contribution in [2.45, 2.75) is 17.9 Å². The van der Waals surface area contributed by atoms with Gasteiger partial charge in [-0.05, 0) is 37.3 Å². The Morgan fingerprint density at radius 1 is 1.16 bits per heavy atom. The lowest BCUT2D eigenvalue weighted by atomic mass is 10.2. The lowest BCUT2D eigenvalue weighted by molar-refractivity contribution is -0.122. The Kier molecular flexibility index (Phi) is 5.63. The maximum Gasteiger partial charge on any atom is 0.265 e. The van der Waals surface area contributed by atoms with E-state index in [4.69, 9.17) is 16.3 Å². The first-order valence-corrected chi connectivity index (χ1v) is 11.3. The molecule has 0 spiro atoms. The Morgan fingerprint density at radius 2 is 1.81 bits per heavy atom. The first-order valence-electron chi connectivity index (χ1n) is 9.53. The molecule has 2 aromatic rings. The van der Waals surface area contributed by atoms with E-state index in [0.717, 1.165) is 0 Å². The van der Waals surface area contributed by atoms with E-state index in [9.17, 15) is 22.4 Å². The molecule has 0 bridgehead atoms.